The van der Waals surface area contributed by atoms with Crippen molar-refractivity contribution in [2.24, 2.45) is 11.7 Å². The zero-order chi connectivity index (χ0) is 12.5. The smallest absolute Gasteiger partial charge is 0.261 e. The predicted molar refractivity (Wildman–Crippen MR) is 70.7 cm³/mol. The van der Waals surface area contributed by atoms with E-state index in [0.29, 0.717) is 19.1 Å². The summed E-state index contributed by atoms with van der Waals surface area (Å²) in [6.45, 7) is 1.99. The summed E-state index contributed by atoms with van der Waals surface area (Å²) in [5, 5.41) is 2.93. The summed E-state index contributed by atoms with van der Waals surface area (Å²) in [6.07, 6.45) is 3.35. The molecule has 98 valence electrons. The number of nitrogens with two attached hydrogens (primary N) is 1. The highest BCUT2D eigenvalue weighted by atomic mass is 32.1. The van der Waals surface area contributed by atoms with Gasteiger partial charge in [0, 0.05) is 23.9 Å². The minimum absolute atomic E-state index is 0.00509. The number of carbonyl (C=O) groups is 1. The Hall–Kier alpha value is -0.910. The van der Waals surface area contributed by atoms with Crippen LogP contribution in [0.3, 0.4) is 0 Å². The van der Waals surface area contributed by atoms with Gasteiger partial charge in [0.2, 0.25) is 0 Å². The minimum Gasteiger partial charge on any atom is -0.376 e. The number of amides is 1. The number of ether oxygens (including phenoxy) is 1. The van der Waals surface area contributed by atoms with Crippen molar-refractivity contribution in [2.45, 2.75) is 31.9 Å². The second-order valence-electron chi connectivity index (χ2n) is 5.07. The molecule has 2 aliphatic rings. The van der Waals surface area contributed by atoms with Gasteiger partial charge in [0.25, 0.3) is 5.91 Å². The van der Waals surface area contributed by atoms with Crippen molar-refractivity contribution in [3.05, 3.63) is 21.4 Å². The van der Waals surface area contributed by atoms with Crippen LogP contribution in [0, 0.1) is 5.92 Å². The molecule has 0 saturated heterocycles. The lowest BCUT2D eigenvalue weighted by molar-refractivity contribution is 0.0954. The highest BCUT2D eigenvalue weighted by molar-refractivity contribution is 7.14. The van der Waals surface area contributed by atoms with Gasteiger partial charge in [-0.25, -0.2) is 0 Å². The van der Waals surface area contributed by atoms with Gasteiger partial charge in [0.15, 0.2) is 0 Å². The van der Waals surface area contributed by atoms with Gasteiger partial charge in [-0.3, -0.25) is 4.79 Å². The lowest BCUT2D eigenvalue weighted by Gasteiger charge is -2.10. The molecular weight excluding hydrogens is 248 g/mol. The van der Waals surface area contributed by atoms with Crippen LogP contribution in [-0.2, 0) is 17.8 Å². The zero-order valence-corrected chi connectivity index (χ0v) is 11.1. The number of nitrogens with one attached hydrogen (secondary N) is 1. The Morgan fingerprint density at radius 2 is 2.44 bits per heavy atom. The monoisotopic (exact) mass is 266 g/mol. The van der Waals surface area contributed by atoms with E-state index in [0.717, 1.165) is 17.9 Å². The number of fused-ring (bicyclic) bond motifs is 1. The Bertz CT molecular complexity index is 430. The Morgan fingerprint density at radius 3 is 3.17 bits per heavy atom. The fourth-order valence-electron chi connectivity index (χ4n) is 2.25. The summed E-state index contributed by atoms with van der Waals surface area (Å²) < 4.78 is 5.38. The number of rotatable bonds is 4. The molecule has 0 radical (unpaired) electrons. The molecular formula is C13H18N2O2S. The first-order chi connectivity index (χ1) is 8.74. The van der Waals surface area contributed by atoms with Crippen LogP contribution in [0.1, 0.15) is 33.0 Å². The Balaban J connectivity index is 1.59. The SMILES string of the molecule is NC(CNC(=O)c1cc2c(s1)CCOC2)C1CC1. The Kier molecular flexibility index (Phi) is 3.37. The highest BCUT2D eigenvalue weighted by Gasteiger charge is 2.28. The van der Waals surface area contributed by atoms with E-state index < -0.39 is 0 Å². The lowest BCUT2D eigenvalue weighted by atomic mass is 10.2. The van der Waals surface area contributed by atoms with E-state index in [1.807, 2.05) is 6.07 Å². The van der Waals surface area contributed by atoms with Crippen molar-refractivity contribution >= 4 is 17.2 Å². The van der Waals surface area contributed by atoms with Crippen LogP contribution in [0.5, 0.6) is 0 Å². The average molecular weight is 266 g/mol. The molecule has 2 heterocycles. The van der Waals surface area contributed by atoms with Crippen LogP contribution in [0.25, 0.3) is 0 Å². The first kappa shape index (κ1) is 12.1. The molecule has 1 unspecified atom stereocenters. The van der Waals surface area contributed by atoms with Crippen LogP contribution in [0.15, 0.2) is 6.07 Å². The Labute approximate surface area is 111 Å². The minimum atomic E-state index is 0.00509. The summed E-state index contributed by atoms with van der Waals surface area (Å²) in [4.78, 5) is 14.1. The molecule has 1 aliphatic heterocycles. The number of hydrogen-bond donors (Lipinski definition) is 2. The van der Waals surface area contributed by atoms with Gasteiger partial charge < -0.3 is 15.8 Å². The molecule has 1 fully saturated rings. The van der Waals surface area contributed by atoms with Gasteiger partial charge in [-0.2, -0.15) is 0 Å². The van der Waals surface area contributed by atoms with Gasteiger partial charge in [-0.1, -0.05) is 0 Å². The molecule has 18 heavy (non-hydrogen) atoms. The van der Waals surface area contributed by atoms with Crippen molar-refractivity contribution in [3.8, 4) is 0 Å². The quantitative estimate of drug-likeness (QED) is 0.863. The van der Waals surface area contributed by atoms with Crippen LogP contribution >= 0.6 is 11.3 Å². The fraction of sp³-hybridized carbons (Fsp3) is 0.615. The van der Waals surface area contributed by atoms with Crippen molar-refractivity contribution in [1.82, 2.24) is 5.32 Å². The molecule has 1 saturated carbocycles. The third kappa shape index (κ3) is 2.58. The standard InChI is InChI=1S/C13H18N2O2S/c14-10(8-1-2-8)6-15-13(16)12-5-9-7-17-4-3-11(9)18-12/h5,8,10H,1-4,6-7,14H2,(H,15,16). The third-order valence-electron chi connectivity index (χ3n) is 3.58. The second kappa shape index (κ2) is 4.99. The number of thiophene rings is 1. The second-order valence-corrected chi connectivity index (χ2v) is 6.21. The molecule has 1 atom stereocenters. The topological polar surface area (TPSA) is 64.3 Å². The largest absolute Gasteiger partial charge is 0.376 e. The zero-order valence-electron chi connectivity index (χ0n) is 10.3. The van der Waals surface area contributed by atoms with Gasteiger partial charge in [0.1, 0.15) is 0 Å². The summed E-state index contributed by atoms with van der Waals surface area (Å²) in [7, 11) is 0. The summed E-state index contributed by atoms with van der Waals surface area (Å²) in [5.41, 5.74) is 7.14. The normalized spacial score (nSPS) is 20.3. The van der Waals surface area contributed by atoms with Gasteiger partial charge in [-0.15, -0.1) is 11.3 Å². The fourth-order valence-corrected chi connectivity index (χ4v) is 3.31. The van der Waals surface area contributed by atoms with Crippen molar-refractivity contribution in [3.63, 3.8) is 0 Å². The van der Waals surface area contributed by atoms with Crippen LogP contribution in [0.2, 0.25) is 0 Å². The van der Waals surface area contributed by atoms with Crippen LogP contribution < -0.4 is 11.1 Å². The molecule has 3 rings (SSSR count). The van der Waals surface area contributed by atoms with Crippen LogP contribution in [-0.4, -0.2) is 25.1 Å². The molecule has 1 aliphatic carbocycles. The molecule has 3 N–H and O–H groups in total. The van der Waals surface area contributed by atoms with E-state index in [1.54, 1.807) is 11.3 Å². The molecule has 5 heteroatoms. The van der Waals surface area contributed by atoms with E-state index in [4.69, 9.17) is 10.5 Å². The summed E-state index contributed by atoms with van der Waals surface area (Å²) in [6, 6.07) is 2.07. The van der Waals surface area contributed by atoms with E-state index in [1.165, 1.54) is 23.3 Å². The van der Waals surface area contributed by atoms with E-state index in [9.17, 15) is 4.79 Å². The Morgan fingerprint density at radius 1 is 1.61 bits per heavy atom. The first-order valence-electron chi connectivity index (χ1n) is 6.47. The molecule has 4 nitrogen and oxygen atoms in total. The predicted octanol–water partition coefficient (Wildman–Crippen LogP) is 1.29. The maximum Gasteiger partial charge on any atom is 0.261 e. The number of hydrogen-bond acceptors (Lipinski definition) is 4. The molecule has 1 aromatic rings. The van der Waals surface area contributed by atoms with Crippen molar-refractivity contribution in [1.29, 1.82) is 0 Å². The average Bonchev–Trinajstić information content (AvgIpc) is 3.14. The van der Waals surface area contributed by atoms with Crippen LogP contribution in [0.4, 0.5) is 0 Å². The third-order valence-corrected chi connectivity index (χ3v) is 4.81. The maximum atomic E-state index is 12.0. The maximum absolute atomic E-state index is 12.0. The van der Waals surface area contributed by atoms with Gasteiger partial charge in [0.05, 0.1) is 18.1 Å². The lowest BCUT2D eigenvalue weighted by Crippen LogP contribution is -2.38. The molecule has 0 aromatic carbocycles. The van der Waals surface area contributed by atoms with E-state index in [-0.39, 0.29) is 11.9 Å². The first-order valence-corrected chi connectivity index (χ1v) is 7.29. The van der Waals surface area contributed by atoms with Crippen molar-refractivity contribution in [2.75, 3.05) is 13.2 Å². The van der Waals surface area contributed by atoms with Crippen molar-refractivity contribution < 1.29 is 9.53 Å². The molecule has 1 amide bonds. The number of carbonyl (C=O) groups excluding carboxylic acids is 1. The highest BCUT2D eigenvalue weighted by Crippen LogP contribution is 2.31. The molecule has 0 spiro atoms. The molecule has 1 aromatic heterocycles. The van der Waals surface area contributed by atoms with E-state index >= 15 is 0 Å². The molecule has 0 bridgehead atoms. The van der Waals surface area contributed by atoms with E-state index in [2.05, 4.69) is 5.32 Å². The summed E-state index contributed by atoms with van der Waals surface area (Å²) in [5.74, 6) is 0.626. The van der Waals surface area contributed by atoms with Gasteiger partial charge in [-0.05, 0) is 30.4 Å². The summed E-state index contributed by atoms with van der Waals surface area (Å²) >= 11 is 1.59. The van der Waals surface area contributed by atoms with Gasteiger partial charge >= 0.3 is 0 Å².